The molecule has 1 fully saturated rings. The Hall–Kier alpha value is -1.16. The van der Waals surface area contributed by atoms with Gasteiger partial charge in [0.1, 0.15) is 0 Å². The normalized spacial score (nSPS) is 17.1. The number of piperazine rings is 1. The number of anilines is 1. The molecule has 0 atom stereocenters. The molecule has 0 amide bonds. The number of hydrogen-bond acceptors (Lipinski definition) is 4. The molecule has 14 heavy (non-hydrogen) atoms. The fraction of sp³-hybridized carbons (Fsp3) is 0.600. The first-order valence-corrected chi connectivity index (χ1v) is 5.03. The maximum absolute atomic E-state index is 4.48. The summed E-state index contributed by atoms with van der Waals surface area (Å²) in [6, 6.07) is 0. The summed E-state index contributed by atoms with van der Waals surface area (Å²) in [5.41, 5.74) is 2.23. The van der Waals surface area contributed by atoms with E-state index in [4.69, 9.17) is 0 Å². The van der Waals surface area contributed by atoms with Crippen molar-refractivity contribution in [2.24, 2.45) is 0 Å². The standard InChI is InChI=1S/C10H16N4/c1-8-7-12-10(13-9(8)2)14-5-3-11-4-6-14/h7,11H,3-6H2,1-2H3. The molecule has 1 saturated heterocycles. The number of rotatable bonds is 1. The Labute approximate surface area is 84.4 Å². The highest BCUT2D eigenvalue weighted by molar-refractivity contribution is 5.33. The van der Waals surface area contributed by atoms with Crippen LogP contribution in [-0.2, 0) is 0 Å². The van der Waals surface area contributed by atoms with Gasteiger partial charge in [0.05, 0.1) is 0 Å². The molecule has 4 heteroatoms. The van der Waals surface area contributed by atoms with Crippen LogP contribution in [0.1, 0.15) is 11.3 Å². The van der Waals surface area contributed by atoms with E-state index in [-0.39, 0.29) is 0 Å². The van der Waals surface area contributed by atoms with Crippen molar-refractivity contribution in [1.29, 1.82) is 0 Å². The van der Waals surface area contributed by atoms with Crippen LogP contribution < -0.4 is 10.2 Å². The Balaban J connectivity index is 2.18. The second-order valence-corrected chi connectivity index (χ2v) is 3.68. The number of aromatic nitrogens is 2. The molecular weight excluding hydrogens is 176 g/mol. The fourth-order valence-corrected chi connectivity index (χ4v) is 1.53. The molecular formula is C10H16N4. The second-order valence-electron chi connectivity index (χ2n) is 3.68. The number of nitrogens with one attached hydrogen (secondary N) is 1. The zero-order valence-corrected chi connectivity index (χ0v) is 8.75. The third-order valence-corrected chi connectivity index (χ3v) is 2.61. The Morgan fingerprint density at radius 2 is 2.00 bits per heavy atom. The number of hydrogen-bond donors (Lipinski definition) is 1. The molecule has 1 aromatic heterocycles. The van der Waals surface area contributed by atoms with Crippen molar-refractivity contribution in [2.75, 3.05) is 31.1 Å². The molecule has 1 aromatic rings. The summed E-state index contributed by atoms with van der Waals surface area (Å²) in [7, 11) is 0. The molecule has 4 nitrogen and oxygen atoms in total. The van der Waals surface area contributed by atoms with E-state index in [1.165, 1.54) is 0 Å². The molecule has 0 spiro atoms. The Kier molecular flexibility index (Phi) is 2.63. The largest absolute Gasteiger partial charge is 0.338 e. The van der Waals surface area contributed by atoms with Crippen LogP contribution >= 0.6 is 0 Å². The summed E-state index contributed by atoms with van der Waals surface area (Å²) in [5.74, 6) is 0.870. The molecule has 1 aliphatic rings. The second kappa shape index (κ2) is 3.92. The third-order valence-electron chi connectivity index (χ3n) is 2.61. The predicted molar refractivity (Wildman–Crippen MR) is 56.6 cm³/mol. The van der Waals surface area contributed by atoms with E-state index >= 15 is 0 Å². The van der Waals surface area contributed by atoms with E-state index in [9.17, 15) is 0 Å². The van der Waals surface area contributed by atoms with Gasteiger partial charge in [0.25, 0.3) is 0 Å². The van der Waals surface area contributed by atoms with Crippen molar-refractivity contribution >= 4 is 5.95 Å². The monoisotopic (exact) mass is 192 g/mol. The highest BCUT2D eigenvalue weighted by Gasteiger charge is 2.12. The zero-order valence-electron chi connectivity index (χ0n) is 8.75. The van der Waals surface area contributed by atoms with Crippen LogP contribution in [0.15, 0.2) is 6.20 Å². The molecule has 0 unspecified atom stereocenters. The van der Waals surface area contributed by atoms with Gasteiger partial charge in [-0.15, -0.1) is 0 Å². The number of nitrogens with zero attached hydrogens (tertiary/aromatic N) is 3. The van der Waals surface area contributed by atoms with Gasteiger partial charge >= 0.3 is 0 Å². The smallest absolute Gasteiger partial charge is 0.225 e. The van der Waals surface area contributed by atoms with Crippen LogP contribution in [0.5, 0.6) is 0 Å². The van der Waals surface area contributed by atoms with Crippen LogP contribution in [0.4, 0.5) is 5.95 Å². The quantitative estimate of drug-likeness (QED) is 0.703. The van der Waals surface area contributed by atoms with Crippen LogP contribution in [0.2, 0.25) is 0 Å². The topological polar surface area (TPSA) is 41.1 Å². The van der Waals surface area contributed by atoms with Gasteiger partial charge < -0.3 is 10.2 Å². The summed E-state index contributed by atoms with van der Waals surface area (Å²) in [6.45, 7) is 8.12. The van der Waals surface area contributed by atoms with E-state index in [1.54, 1.807) is 0 Å². The minimum atomic E-state index is 0.870. The van der Waals surface area contributed by atoms with Crippen LogP contribution in [0.3, 0.4) is 0 Å². The molecule has 1 N–H and O–H groups in total. The molecule has 0 aromatic carbocycles. The van der Waals surface area contributed by atoms with Gasteiger partial charge in [-0.05, 0) is 19.4 Å². The van der Waals surface area contributed by atoms with Crippen molar-refractivity contribution in [3.63, 3.8) is 0 Å². The summed E-state index contributed by atoms with van der Waals surface area (Å²) in [6.07, 6.45) is 1.90. The van der Waals surface area contributed by atoms with Gasteiger partial charge in [0, 0.05) is 38.1 Å². The summed E-state index contributed by atoms with van der Waals surface area (Å²) in [4.78, 5) is 11.1. The highest BCUT2D eigenvalue weighted by atomic mass is 15.3. The number of aryl methyl sites for hydroxylation is 2. The summed E-state index contributed by atoms with van der Waals surface area (Å²) >= 11 is 0. The van der Waals surface area contributed by atoms with E-state index in [0.29, 0.717) is 0 Å². The summed E-state index contributed by atoms with van der Waals surface area (Å²) < 4.78 is 0. The lowest BCUT2D eigenvalue weighted by molar-refractivity contribution is 0.579. The SMILES string of the molecule is Cc1cnc(N2CCNCC2)nc1C. The fourth-order valence-electron chi connectivity index (χ4n) is 1.53. The van der Waals surface area contributed by atoms with E-state index in [2.05, 4.69) is 20.2 Å². The Morgan fingerprint density at radius 1 is 1.29 bits per heavy atom. The van der Waals surface area contributed by atoms with Gasteiger partial charge in [-0.3, -0.25) is 0 Å². The molecule has 0 aliphatic carbocycles. The average Bonchev–Trinajstić information content (AvgIpc) is 2.23. The first-order valence-electron chi connectivity index (χ1n) is 5.03. The van der Waals surface area contributed by atoms with Crippen molar-refractivity contribution in [1.82, 2.24) is 15.3 Å². The summed E-state index contributed by atoms with van der Waals surface area (Å²) in [5, 5.41) is 3.31. The maximum Gasteiger partial charge on any atom is 0.225 e. The lowest BCUT2D eigenvalue weighted by Crippen LogP contribution is -2.44. The molecule has 76 valence electrons. The van der Waals surface area contributed by atoms with Gasteiger partial charge in [-0.25, -0.2) is 9.97 Å². The van der Waals surface area contributed by atoms with Gasteiger partial charge in [0.15, 0.2) is 0 Å². The first-order chi connectivity index (χ1) is 6.77. The lowest BCUT2D eigenvalue weighted by Gasteiger charge is -2.27. The van der Waals surface area contributed by atoms with Crippen molar-refractivity contribution in [3.8, 4) is 0 Å². The Morgan fingerprint density at radius 3 is 2.64 bits per heavy atom. The minimum absolute atomic E-state index is 0.870. The molecule has 0 saturated carbocycles. The van der Waals surface area contributed by atoms with Gasteiger partial charge in [-0.2, -0.15) is 0 Å². The zero-order chi connectivity index (χ0) is 9.97. The molecule has 2 rings (SSSR count). The van der Waals surface area contributed by atoms with Crippen LogP contribution in [-0.4, -0.2) is 36.1 Å². The van der Waals surface area contributed by atoms with Crippen molar-refractivity contribution < 1.29 is 0 Å². The van der Waals surface area contributed by atoms with Crippen molar-refractivity contribution in [2.45, 2.75) is 13.8 Å². The maximum atomic E-state index is 4.48. The van der Waals surface area contributed by atoms with Gasteiger partial charge in [0.2, 0.25) is 5.95 Å². The third kappa shape index (κ3) is 1.85. The first kappa shape index (κ1) is 9.40. The molecule has 0 bridgehead atoms. The van der Waals surface area contributed by atoms with Crippen LogP contribution in [0, 0.1) is 13.8 Å². The molecule has 2 heterocycles. The van der Waals surface area contributed by atoms with E-state index in [1.807, 2.05) is 20.0 Å². The van der Waals surface area contributed by atoms with Gasteiger partial charge in [-0.1, -0.05) is 0 Å². The Bertz CT molecular complexity index is 318. The van der Waals surface area contributed by atoms with Crippen LogP contribution in [0.25, 0.3) is 0 Å². The average molecular weight is 192 g/mol. The van der Waals surface area contributed by atoms with E-state index < -0.39 is 0 Å². The highest BCUT2D eigenvalue weighted by Crippen LogP contribution is 2.10. The lowest BCUT2D eigenvalue weighted by atomic mass is 10.3. The van der Waals surface area contributed by atoms with Crippen molar-refractivity contribution in [3.05, 3.63) is 17.5 Å². The molecule has 1 aliphatic heterocycles. The minimum Gasteiger partial charge on any atom is -0.338 e. The predicted octanol–water partition coefficient (Wildman–Crippen LogP) is 0.503. The van der Waals surface area contributed by atoms with E-state index in [0.717, 1.165) is 43.4 Å². The molecule has 0 radical (unpaired) electrons.